The van der Waals surface area contributed by atoms with E-state index in [4.69, 9.17) is 59.4 Å². The summed E-state index contributed by atoms with van der Waals surface area (Å²) in [6.07, 6.45) is 3.63. The molecule has 59 heteroatoms. The maximum Gasteiger partial charge on any atom is 0.569 e. The van der Waals surface area contributed by atoms with Crippen molar-refractivity contribution < 1.29 is 41.5 Å². The molecular formula is C79H224ClIN41O3P13. The molecule has 0 saturated carbocycles. The molecule has 0 saturated heterocycles. The Bertz CT molecular complexity index is 3920. The van der Waals surface area contributed by atoms with Gasteiger partial charge in [0.05, 0.1) is 17.4 Å². The van der Waals surface area contributed by atoms with Crippen LogP contribution in [-0.2, 0) is 0 Å². The molecular weight excluding hydrogens is 2140 g/mol. The van der Waals surface area contributed by atoms with Gasteiger partial charge >= 0.3 is 44.7 Å². The lowest BCUT2D eigenvalue weighted by Gasteiger charge is -2.43. The van der Waals surface area contributed by atoms with Gasteiger partial charge in [-0.2, -0.15) is 0 Å². The Kier molecular flexibility index (Phi) is 68.6. The monoisotopic (exact) mass is 2360 g/mol. The van der Waals surface area contributed by atoms with Crippen molar-refractivity contribution in [3.05, 3.63) is 15.3 Å². The van der Waals surface area contributed by atoms with Crippen LogP contribution in [0, 0.1) is 37.0 Å². The normalized spacial score (nSPS) is 14.2. The first-order valence-corrected chi connectivity index (χ1v) is 66.1. The van der Waals surface area contributed by atoms with Crippen LogP contribution in [0.1, 0.15) is 96.9 Å². The lowest BCUT2D eigenvalue weighted by atomic mass is 9.77. The Morgan fingerprint density at radius 1 is 0.239 bits per heavy atom. The number of hydrogen-bond acceptors (Lipinski definition) is 3. The minimum atomic E-state index is -3.41. The Hall–Kier alpha value is 2.34. The second-order valence-corrected chi connectivity index (χ2v) is 89.4. The van der Waals surface area contributed by atoms with E-state index < -0.39 is 102 Å². The predicted octanol–water partition coefficient (Wildman–Crippen LogP) is 12.1. The summed E-state index contributed by atoms with van der Waals surface area (Å²) in [4.78, 5) is 8.25. The molecule has 0 aliphatic rings. The lowest BCUT2D eigenvalue weighted by Crippen LogP contribution is -3.00. The SMILES string of the molecule is C.C.CN(C)P(=NP(CC(C)(C)CC(C)(C)C)(N=P(N(C)C)(N(C)C)N(C)C)=[N+]=P(N(C)C)(N(C)C)N(C)C)(N(C)C)N(C)C.CN(C)P(=NP(CC(C)(C)CC(C)(C)C)(N=P(N(C)C)(N(C)C)N(C)C)=[N+]=P(N(C)C)(N(C)C)N(C)C)(N(C)C)N(C)C.CNP(=NP(N=P(N(C)C)(N(C)C)N(C)C)(N=P(N(C)C)(N(C)C)N(C)C)=[N+]=P(N(C)C)(N(C)C)N(C)C)(N(C)C)N(C)C.O=[N+]([O-])[O-].[Cl-].[I-]. The molecule has 138 heavy (non-hydrogen) atoms. The lowest BCUT2D eigenvalue weighted by molar-refractivity contribution is -0.402. The Balaban J connectivity index is -0.000000296. The summed E-state index contributed by atoms with van der Waals surface area (Å²) < 4.78 is 127. The molecule has 0 aromatic rings. The van der Waals surface area contributed by atoms with Crippen molar-refractivity contribution >= 4 is 97.3 Å². The van der Waals surface area contributed by atoms with Crippen LogP contribution in [0.5, 0.6) is 0 Å². The van der Waals surface area contributed by atoms with E-state index in [1.165, 1.54) is 0 Å². The number of nitrogens with one attached hydrogen (secondary N) is 1. The van der Waals surface area contributed by atoms with Crippen LogP contribution < -0.4 is 54.0 Å². The zero-order valence-corrected chi connectivity index (χ0v) is 115. The topological polar surface area (TPSA) is 301 Å². The molecule has 0 atom stereocenters. The van der Waals surface area contributed by atoms with Crippen LogP contribution in [0.25, 0.3) is 0 Å². The molecule has 0 fully saturated rings. The summed E-state index contributed by atoms with van der Waals surface area (Å²) in [6, 6.07) is 0. The largest absolute Gasteiger partial charge is 1.00 e. The van der Waals surface area contributed by atoms with E-state index in [0.29, 0.717) is 0 Å². The van der Waals surface area contributed by atoms with Gasteiger partial charge in [-0.3, -0.25) is 98.5 Å². The van der Waals surface area contributed by atoms with Gasteiger partial charge in [0.2, 0.25) is 0 Å². The molecule has 0 unspecified atom stereocenters. The highest BCUT2D eigenvalue weighted by atomic mass is 127. The van der Waals surface area contributed by atoms with Crippen molar-refractivity contribution in [1.29, 1.82) is 0 Å². The molecule has 0 rings (SSSR count). The summed E-state index contributed by atoms with van der Waals surface area (Å²) in [5, 5.41) is 18.4. The van der Waals surface area contributed by atoms with E-state index in [1.807, 2.05) is 7.05 Å². The van der Waals surface area contributed by atoms with Crippen molar-refractivity contribution in [2.75, 3.05) is 428 Å². The summed E-state index contributed by atoms with van der Waals surface area (Å²) >= 11 is 0. The zero-order chi connectivity index (χ0) is 108. The standard InChI is InChI=1S/2C27H73N12P4.C23H70N16P5.2CH4.ClH.HI.NO3/c2*1-26(2,3)24-27(4,5)25-40(28-41(31(6)7,32(8)9)33(10)11,29-42(34(12)13,35(14)15)36(16)17)30-43(37(18)19,38(20)21)39(22)23;1-24-41(29(2)3,30(4)5)25-40(26-42(31(6)7,32(8)9)33(10)11,27-43(34(12)13,35(14)15)36(16)17)28-44(37(18)19,38(20)21)39(22)23;;;;;2-1(3)4/h2*24-25H2,1-23H3;24H,1-23H3;2*1H4;2*1H;/q3*+1;;;;;-1/p-2. The fourth-order valence-electron chi connectivity index (χ4n) is 19.1. The minimum Gasteiger partial charge on any atom is -1.00 e. The summed E-state index contributed by atoms with van der Waals surface area (Å²) in [5.41, 5.74) is 0.127. The molecule has 842 valence electrons. The second-order valence-electron chi connectivity index (χ2n) is 43.4. The van der Waals surface area contributed by atoms with Gasteiger partial charge in [-0.1, -0.05) is 92.4 Å². The fraction of sp³-hybridized carbons (Fsp3) is 1.00. The smallest absolute Gasteiger partial charge is 0.569 e. The van der Waals surface area contributed by atoms with Crippen LogP contribution in [0.3, 0.4) is 0 Å². The average molecular weight is 2360 g/mol. The van der Waals surface area contributed by atoms with Crippen molar-refractivity contribution in [2.24, 2.45) is 53.3 Å². The zero-order valence-electron chi connectivity index (χ0n) is 100. The van der Waals surface area contributed by atoms with E-state index in [9.17, 15) is 0 Å². The van der Waals surface area contributed by atoms with Crippen LogP contribution in [0.4, 0.5) is 0 Å². The van der Waals surface area contributed by atoms with Gasteiger partial charge < -0.3 is 51.7 Å². The highest BCUT2D eigenvalue weighted by Crippen LogP contribution is 2.80. The van der Waals surface area contributed by atoms with E-state index in [1.54, 1.807) is 0 Å². The molecule has 0 aromatic carbocycles. The first kappa shape index (κ1) is 156. The van der Waals surface area contributed by atoms with Crippen LogP contribution in [0.15, 0.2) is 31.6 Å². The number of nitrogens with zero attached hydrogens (tertiary/aromatic N) is 40. The summed E-state index contributed by atoms with van der Waals surface area (Å²) in [5.74, 6) is 0. The van der Waals surface area contributed by atoms with Gasteiger partial charge in [-0.05, 0) is 454 Å². The fourth-order valence-corrected chi connectivity index (χ4v) is 82.9. The second kappa shape index (κ2) is 60.9. The van der Waals surface area contributed by atoms with Gasteiger partial charge in [-0.15, -0.1) is 31.6 Å². The molecule has 44 nitrogen and oxygen atoms in total. The van der Waals surface area contributed by atoms with E-state index in [2.05, 4.69) is 619 Å². The average Bonchev–Trinajstić information content (AvgIpc) is 0.752. The van der Waals surface area contributed by atoms with Crippen molar-refractivity contribution in [1.82, 2.24) is 153 Å². The molecule has 0 bridgehead atoms. The van der Waals surface area contributed by atoms with Gasteiger partial charge in [-0.25, -0.2) is 42.0 Å². The first-order chi connectivity index (χ1) is 59.6. The van der Waals surface area contributed by atoms with Gasteiger partial charge in [0.15, 0.2) is 52.5 Å². The minimum absolute atomic E-state index is 0. The van der Waals surface area contributed by atoms with E-state index in [-0.39, 0.29) is 72.9 Å². The molecule has 0 aromatic heterocycles. The summed E-state index contributed by atoms with van der Waals surface area (Å²) in [6.45, 7) is 23.6. The Labute approximate surface area is 879 Å². The van der Waals surface area contributed by atoms with Gasteiger partial charge in [0, 0.05) is 0 Å². The highest BCUT2D eigenvalue weighted by molar-refractivity contribution is 7.82. The third-order valence-corrected chi connectivity index (χ3v) is 76.5. The van der Waals surface area contributed by atoms with E-state index in [0.717, 1.165) is 25.2 Å². The molecule has 0 radical (unpaired) electrons. The van der Waals surface area contributed by atoms with Crippen molar-refractivity contribution in [3.8, 4) is 0 Å². The number of halogens is 2. The maximum atomic E-state index is 8.25. The van der Waals surface area contributed by atoms with Gasteiger partial charge in [0.1, 0.15) is 0 Å². The maximum absolute atomic E-state index is 8.25. The Morgan fingerprint density at radius 2 is 0.370 bits per heavy atom. The van der Waals surface area contributed by atoms with Crippen molar-refractivity contribution in [3.63, 3.8) is 0 Å². The van der Waals surface area contributed by atoms with Crippen LogP contribution in [-0.4, -0.2) is 569 Å². The third-order valence-electron chi connectivity index (χ3n) is 21.7. The molecule has 1 N–H and O–H groups in total. The molecule has 0 aliphatic carbocycles. The predicted molar refractivity (Wildman–Crippen MR) is 629 cm³/mol. The van der Waals surface area contributed by atoms with Crippen LogP contribution in [0.2, 0.25) is 0 Å². The number of rotatable bonds is 43. The molecule has 0 aliphatic heterocycles. The van der Waals surface area contributed by atoms with Crippen LogP contribution >= 0.6 is 97.3 Å². The third kappa shape index (κ3) is 37.6. The van der Waals surface area contributed by atoms with Gasteiger partial charge in [0.25, 0.3) is 0 Å². The molecule has 0 heterocycles. The highest BCUT2D eigenvalue weighted by Gasteiger charge is 2.56. The van der Waals surface area contributed by atoms with Crippen molar-refractivity contribution in [2.45, 2.75) is 96.9 Å². The molecule has 0 amide bonds. The molecule has 0 spiro atoms. The Morgan fingerprint density at radius 3 is 0.478 bits per heavy atom. The summed E-state index contributed by atoms with van der Waals surface area (Å²) in [7, 11) is 91.8. The number of hydrogen-bond donors (Lipinski definition) is 1. The first-order valence-electron chi connectivity index (χ1n) is 44.8. The quantitative estimate of drug-likeness (QED) is 0.0195. The van der Waals surface area contributed by atoms with E-state index >= 15 is 0 Å².